The molecular weight excluding hydrogens is 328 g/mol. The molecular formula is C13H17BrN2O2S. The van der Waals surface area contributed by atoms with Crippen molar-refractivity contribution in [1.29, 1.82) is 0 Å². The highest BCUT2D eigenvalue weighted by Crippen LogP contribution is 2.19. The van der Waals surface area contributed by atoms with E-state index in [-0.39, 0.29) is 23.9 Å². The molecule has 2 N–H and O–H groups in total. The standard InChI is InChI=1S/C13H17BrN2O2S/c1-13(2,3)16-11(17)7-15-12(18)9-5-4-8(14)6-10(9)19/h4-6,19H,7H2,1-3H3,(H,15,18)(H,16,17). The Morgan fingerprint density at radius 3 is 2.47 bits per heavy atom. The van der Waals surface area contributed by atoms with Crippen molar-refractivity contribution in [2.45, 2.75) is 31.2 Å². The molecule has 0 radical (unpaired) electrons. The van der Waals surface area contributed by atoms with Crippen LogP contribution in [0.3, 0.4) is 0 Å². The predicted molar refractivity (Wildman–Crippen MR) is 81.6 cm³/mol. The molecule has 0 spiro atoms. The van der Waals surface area contributed by atoms with Crippen LogP contribution in [-0.2, 0) is 4.79 Å². The Kier molecular flexibility index (Phi) is 5.43. The maximum absolute atomic E-state index is 11.9. The lowest BCUT2D eigenvalue weighted by Gasteiger charge is -2.20. The Bertz CT molecular complexity index is 498. The SMILES string of the molecule is CC(C)(C)NC(=O)CNC(=O)c1ccc(Br)cc1S. The molecule has 0 unspecified atom stereocenters. The first-order valence-corrected chi connectivity index (χ1v) is 7.01. The number of thiol groups is 1. The smallest absolute Gasteiger partial charge is 0.252 e. The molecule has 4 nitrogen and oxygen atoms in total. The van der Waals surface area contributed by atoms with Gasteiger partial charge in [-0.2, -0.15) is 0 Å². The number of hydrogen-bond acceptors (Lipinski definition) is 3. The first kappa shape index (κ1) is 16.0. The van der Waals surface area contributed by atoms with Crippen LogP contribution in [0.2, 0.25) is 0 Å². The van der Waals surface area contributed by atoms with Gasteiger partial charge in [0.2, 0.25) is 5.91 Å². The van der Waals surface area contributed by atoms with Gasteiger partial charge in [-0.05, 0) is 39.0 Å². The monoisotopic (exact) mass is 344 g/mol. The van der Waals surface area contributed by atoms with Gasteiger partial charge >= 0.3 is 0 Å². The van der Waals surface area contributed by atoms with Crippen molar-refractivity contribution >= 4 is 40.4 Å². The van der Waals surface area contributed by atoms with Crippen molar-refractivity contribution < 1.29 is 9.59 Å². The second kappa shape index (κ2) is 6.43. The molecule has 0 saturated carbocycles. The highest BCUT2D eigenvalue weighted by Gasteiger charge is 2.15. The van der Waals surface area contributed by atoms with Gasteiger partial charge < -0.3 is 10.6 Å². The number of benzene rings is 1. The molecule has 0 aliphatic carbocycles. The Labute approximate surface area is 126 Å². The number of amides is 2. The molecule has 0 fully saturated rings. The van der Waals surface area contributed by atoms with Crippen LogP contribution in [0.1, 0.15) is 31.1 Å². The summed E-state index contributed by atoms with van der Waals surface area (Å²) in [5, 5.41) is 5.34. The third-order valence-electron chi connectivity index (χ3n) is 2.13. The molecule has 6 heteroatoms. The van der Waals surface area contributed by atoms with E-state index in [4.69, 9.17) is 0 Å². The van der Waals surface area contributed by atoms with E-state index in [1.165, 1.54) is 0 Å². The van der Waals surface area contributed by atoms with E-state index in [0.29, 0.717) is 10.5 Å². The topological polar surface area (TPSA) is 58.2 Å². The molecule has 0 bridgehead atoms. The summed E-state index contributed by atoms with van der Waals surface area (Å²) in [6.45, 7) is 5.59. The summed E-state index contributed by atoms with van der Waals surface area (Å²) in [6.07, 6.45) is 0. The van der Waals surface area contributed by atoms with Crippen LogP contribution in [-0.4, -0.2) is 23.9 Å². The molecule has 0 aliphatic rings. The van der Waals surface area contributed by atoms with Gasteiger partial charge in [-0.25, -0.2) is 0 Å². The summed E-state index contributed by atoms with van der Waals surface area (Å²) >= 11 is 7.52. The van der Waals surface area contributed by atoms with Crippen molar-refractivity contribution in [1.82, 2.24) is 10.6 Å². The van der Waals surface area contributed by atoms with Crippen molar-refractivity contribution in [3.8, 4) is 0 Å². The largest absolute Gasteiger partial charge is 0.350 e. The zero-order valence-corrected chi connectivity index (χ0v) is 13.6. The lowest BCUT2D eigenvalue weighted by atomic mass is 10.1. The average Bonchev–Trinajstić information content (AvgIpc) is 2.23. The summed E-state index contributed by atoms with van der Waals surface area (Å²) in [7, 11) is 0. The first-order valence-electron chi connectivity index (χ1n) is 5.77. The van der Waals surface area contributed by atoms with Crippen molar-refractivity contribution in [2.75, 3.05) is 6.54 Å². The fraction of sp³-hybridized carbons (Fsp3) is 0.385. The summed E-state index contributed by atoms with van der Waals surface area (Å²) in [4.78, 5) is 24.0. The van der Waals surface area contributed by atoms with Crippen LogP contribution < -0.4 is 10.6 Å². The molecule has 104 valence electrons. The van der Waals surface area contributed by atoms with E-state index in [2.05, 4.69) is 39.2 Å². The van der Waals surface area contributed by atoms with Crippen LogP contribution in [0, 0.1) is 0 Å². The fourth-order valence-electron chi connectivity index (χ4n) is 1.42. The lowest BCUT2D eigenvalue weighted by Crippen LogP contribution is -2.45. The van der Waals surface area contributed by atoms with Crippen molar-refractivity contribution in [2.24, 2.45) is 0 Å². The molecule has 1 aromatic carbocycles. The van der Waals surface area contributed by atoms with Crippen LogP contribution in [0.25, 0.3) is 0 Å². The van der Waals surface area contributed by atoms with E-state index >= 15 is 0 Å². The Hall–Kier alpha value is -1.01. The normalized spacial score (nSPS) is 11.0. The summed E-state index contributed by atoms with van der Waals surface area (Å²) in [6, 6.07) is 5.14. The van der Waals surface area contributed by atoms with Crippen LogP contribution in [0.4, 0.5) is 0 Å². The number of halogens is 1. The van der Waals surface area contributed by atoms with Gasteiger partial charge in [0.1, 0.15) is 0 Å². The van der Waals surface area contributed by atoms with E-state index in [9.17, 15) is 9.59 Å². The highest BCUT2D eigenvalue weighted by molar-refractivity contribution is 9.10. The van der Waals surface area contributed by atoms with E-state index < -0.39 is 0 Å². The maximum Gasteiger partial charge on any atom is 0.252 e. The van der Waals surface area contributed by atoms with E-state index in [1.54, 1.807) is 18.2 Å². The molecule has 1 rings (SSSR count). The minimum absolute atomic E-state index is 0.0562. The number of rotatable bonds is 3. The molecule has 0 atom stereocenters. The number of carbonyl (C=O) groups excluding carboxylic acids is 2. The third kappa shape index (κ3) is 5.65. The van der Waals surface area contributed by atoms with E-state index in [0.717, 1.165) is 4.47 Å². The molecule has 0 saturated heterocycles. The van der Waals surface area contributed by atoms with Gasteiger partial charge in [0, 0.05) is 14.9 Å². The summed E-state index contributed by atoms with van der Waals surface area (Å²) in [5.74, 6) is -0.541. The molecule has 0 aliphatic heterocycles. The zero-order chi connectivity index (χ0) is 14.6. The quantitative estimate of drug-likeness (QED) is 0.737. The zero-order valence-electron chi connectivity index (χ0n) is 11.1. The Morgan fingerprint density at radius 2 is 1.95 bits per heavy atom. The number of nitrogens with one attached hydrogen (secondary N) is 2. The van der Waals surface area contributed by atoms with Crippen molar-refractivity contribution in [3.05, 3.63) is 28.2 Å². The maximum atomic E-state index is 11.9. The predicted octanol–water partition coefficient (Wildman–Crippen LogP) is 2.38. The van der Waals surface area contributed by atoms with Gasteiger partial charge in [-0.3, -0.25) is 9.59 Å². The van der Waals surface area contributed by atoms with Gasteiger partial charge in [-0.1, -0.05) is 15.9 Å². The Balaban J connectivity index is 2.59. The lowest BCUT2D eigenvalue weighted by molar-refractivity contribution is -0.121. The second-order valence-corrected chi connectivity index (χ2v) is 6.54. The fourth-order valence-corrected chi connectivity index (χ4v) is 2.27. The van der Waals surface area contributed by atoms with Gasteiger partial charge in [0.05, 0.1) is 12.1 Å². The molecule has 0 aromatic heterocycles. The van der Waals surface area contributed by atoms with Gasteiger partial charge in [0.25, 0.3) is 5.91 Å². The molecule has 1 aromatic rings. The highest BCUT2D eigenvalue weighted by atomic mass is 79.9. The number of hydrogen-bond donors (Lipinski definition) is 3. The first-order chi connectivity index (χ1) is 8.69. The second-order valence-electron chi connectivity index (χ2n) is 5.14. The van der Waals surface area contributed by atoms with Crippen LogP contribution >= 0.6 is 28.6 Å². The van der Waals surface area contributed by atoms with Crippen LogP contribution in [0.15, 0.2) is 27.6 Å². The average molecular weight is 345 g/mol. The summed E-state index contributed by atoms with van der Waals surface area (Å²) in [5.41, 5.74) is 0.129. The molecule has 19 heavy (non-hydrogen) atoms. The minimum atomic E-state index is -0.318. The van der Waals surface area contributed by atoms with Gasteiger partial charge in [-0.15, -0.1) is 12.6 Å². The molecule has 0 heterocycles. The van der Waals surface area contributed by atoms with Gasteiger partial charge in [0.15, 0.2) is 0 Å². The minimum Gasteiger partial charge on any atom is -0.350 e. The summed E-state index contributed by atoms with van der Waals surface area (Å²) < 4.78 is 0.847. The molecule has 2 amide bonds. The van der Waals surface area contributed by atoms with Crippen molar-refractivity contribution in [3.63, 3.8) is 0 Å². The number of carbonyl (C=O) groups is 2. The Morgan fingerprint density at radius 1 is 1.32 bits per heavy atom. The van der Waals surface area contributed by atoms with Crippen LogP contribution in [0.5, 0.6) is 0 Å². The van der Waals surface area contributed by atoms with E-state index in [1.807, 2.05) is 20.8 Å². The third-order valence-corrected chi connectivity index (χ3v) is 2.99.